The Labute approximate surface area is 119 Å². The number of rotatable bonds is 2. The van der Waals surface area contributed by atoms with Gasteiger partial charge in [0.2, 0.25) is 0 Å². The molecule has 1 N–H and O–H groups in total. The Kier molecular flexibility index (Phi) is 3.25. The smallest absolute Gasteiger partial charge is 0.184 e. The number of benzene rings is 1. The minimum absolute atomic E-state index is 0.531. The van der Waals surface area contributed by atoms with Gasteiger partial charge in [-0.15, -0.1) is 0 Å². The van der Waals surface area contributed by atoms with Gasteiger partial charge in [0.25, 0.3) is 0 Å². The van der Waals surface area contributed by atoms with Gasteiger partial charge in [0.05, 0.1) is 10.2 Å². The molecule has 0 saturated heterocycles. The molecular weight excluding hydrogens is 252 g/mol. The Morgan fingerprint density at radius 3 is 2.74 bits per heavy atom. The van der Waals surface area contributed by atoms with Crippen LogP contribution >= 0.6 is 11.3 Å². The summed E-state index contributed by atoms with van der Waals surface area (Å²) in [6, 6.07) is 7.09. The summed E-state index contributed by atoms with van der Waals surface area (Å²) in [5.74, 6) is 0. The van der Waals surface area contributed by atoms with E-state index >= 15 is 0 Å². The fraction of sp³-hybridized carbons (Fsp3) is 0.562. The molecule has 102 valence electrons. The first-order valence-electron chi connectivity index (χ1n) is 7.16. The molecule has 19 heavy (non-hydrogen) atoms. The van der Waals surface area contributed by atoms with Crippen molar-refractivity contribution in [1.29, 1.82) is 0 Å². The third-order valence-corrected chi connectivity index (χ3v) is 5.16. The van der Waals surface area contributed by atoms with Gasteiger partial charge < -0.3 is 5.32 Å². The van der Waals surface area contributed by atoms with Crippen molar-refractivity contribution < 1.29 is 0 Å². The van der Waals surface area contributed by atoms with Crippen molar-refractivity contribution in [1.82, 2.24) is 4.98 Å². The Hall–Kier alpha value is -1.09. The van der Waals surface area contributed by atoms with Gasteiger partial charge in [-0.05, 0) is 55.7 Å². The number of fused-ring (bicyclic) bond motifs is 1. The predicted octanol–water partition coefficient (Wildman–Crippen LogP) is 4.99. The number of nitrogens with zero attached hydrogens (tertiary/aromatic N) is 1. The zero-order chi connectivity index (χ0) is 13.5. The third kappa shape index (κ3) is 2.92. The van der Waals surface area contributed by atoms with Crippen LogP contribution in [0, 0.1) is 12.3 Å². The number of aryl methyl sites for hydroxylation is 1. The average Bonchev–Trinajstić information content (AvgIpc) is 2.73. The molecule has 2 aromatic rings. The van der Waals surface area contributed by atoms with Gasteiger partial charge in [-0.1, -0.05) is 31.3 Å². The second-order valence-corrected chi connectivity index (χ2v) is 7.60. The van der Waals surface area contributed by atoms with Crippen LogP contribution in [0.3, 0.4) is 0 Å². The topological polar surface area (TPSA) is 24.9 Å². The zero-order valence-corrected chi connectivity index (χ0v) is 12.8. The van der Waals surface area contributed by atoms with E-state index in [0.717, 1.165) is 10.6 Å². The highest BCUT2D eigenvalue weighted by Crippen LogP contribution is 2.37. The Morgan fingerprint density at radius 1 is 1.26 bits per heavy atom. The van der Waals surface area contributed by atoms with Crippen molar-refractivity contribution in [3.05, 3.63) is 23.8 Å². The summed E-state index contributed by atoms with van der Waals surface area (Å²) in [6.07, 6.45) is 5.16. The molecule has 0 unspecified atom stereocenters. The highest BCUT2D eigenvalue weighted by molar-refractivity contribution is 7.22. The predicted molar refractivity (Wildman–Crippen MR) is 84.0 cm³/mol. The quantitative estimate of drug-likeness (QED) is 0.835. The number of thiazole rings is 1. The first-order chi connectivity index (χ1) is 9.02. The molecule has 0 atom stereocenters. The molecule has 1 aliphatic rings. The van der Waals surface area contributed by atoms with Crippen molar-refractivity contribution >= 4 is 26.7 Å². The maximum absolute atomic E-state index is 4.69. The summed E-state index contributed by atoms with van der Waals surface area (Å²) in [7, 11) is 0. The summed E-state index contributed by atoms with van der Waals surface area (Å²) in [5, 5.41) is 4.72. The maximum atomic E-state index is 4.69. The first kappa shape index (κ1) is 12.9. The van der Waals surface area contributed by atoms with Crippen LogP contribution in [0.25, 0.3) is 10.2 Å². The maximum Gasteiger partial charge on any atom is 0.184 e. The molecule has 3 heteroatoms. The molecule has 1 heterocycles. The lowest BCUT2D eigenvalue weighted by molar-refractivity contribution is 0.232. The largest absolute Gasteiger partial charge is 0.359 e. The van der Waals surface area contributed by atoms with Crippen LogP contribution in [-0.2, 0) is 0 Å². The molecule has 0 amide bonds. The van der Waals surface area contributed by atoms with Gasteiger partial charge in [0, 0.05) is 6.04 Å². The van der Waals surface area contributed by atoms with E-state index in [1.807, 2.05) is 0 Å². The number of hydrogen-bond donors (Lipinski definition) is 1. The molecule has 3 rings (SSSR count). The van der Waals surface area contributed by atoms with Gasteiger partial charge in [0.15, 0.2) is 5.13 Å². The van der Waals surface area contributed by atoms with E-state index in [1.54, 1.807) is 11.3 Å². The van der Waals surface area contributed by atoms with E-state index in [1.165, 1.54) is 35.9 Å². The number of nitrogens with one attached hydrogen (secondary N) is 1. The van der Waals surface area contributed by atoms with Crippen LogP contribution in [0.15, 0.2) is 18.2 Å². The van der Waals surface area contributed by atoms with Crippen LogP contribution in [0.5, 0.6) is 0 Å². The van der Waals surface area contributed by atoms with E-state index in [4.69, 9.17) is 4.98 Å². The molecule has 1 aliphatic carbocycles. The second-order valence-electron chi connectivity index (χ2n) is 6.57. The van der Waals surface area contributed by atoms with Crippen molar-refractivity contribution in [3.63, 3.8) is 0 Å². The number of anilines is 1. The van der Waals surface area contributed by atoms with Gasteiger partial charge in [0.1, 0.15) is 0 Å². The van der Waals surface area contributed by atoms with Gasteiger partial charge >= 0.3 is 0 Å². The van der Waals surface area contributed by atoms with Crippen LogP contribution in [-0.4, -0.2) is 11.0 Å². The lowest BCUT2D eigenvalue weighted by atomic mass is 9.76. The van der Waals surface area contributed by atoms with Crippen LogP contribution < -0.4 is 5.32 Å². The molecule has 0 bridgehead atoms. The number of aromatic nitrogens is 1. The average molecular weight is 274 g/mol. The minimum Gasteiger partial charge on any atom is -0.359 e. The van der Waals surface area contributed by atoms with Crippen LogP contribution in [0.4, 0.5) is 5.13 Å². The van der Waals surface area contributed by atoms with Crippen molar-refractivity contribution in [2.24, 2.45) is 5.41 Å². The fourth-order valence-corrected chi connectivity index (χ4v) is 3.85. The lowest BCUT2D eigenvalue weighted by Gasteiger charge is -2.34. The molecular formula is C16H22N2S. The van der Waals surface area contributed by atoms with E-state index < -0.39 is 0 Å². The lowest BCUT2D eigenvalue weighted by Crippen LogP contribution is -2.29. The van der Waals surface area contributed by atoms with Crippen molar-refractivity contribution in [2.45, 2.75) is 52.5 Å². The SMILES string of the molecule is Cc1ccc2nc(NC3CCC(C)(C)CC3)sc2c1. The molecule has 0 aliphatic heterocycles. The summed E-state index contributed by atoms with van der Waals surface area (Å²) in [5.41, 5.74) is 2.96. The molecule has 0 radical (unpaired) electrons. The van der Waals surface area contributed by atoms with Gasteiger partial charge in [-0.3, -0.25) is 0 Å². The van der Waals surface area contributed by atoms with Crippen LogP contribution in [0.2, 0.25) is 0 Å². The summed E-state index contributed by atoms with van der Waals surface area (Å²) >= 11 is 1.78. The standard InChI is InChI=1S/C16H22N2S/c1-11-4-5-13-14(10-11)19-15(18-13)17-12-6-8-16(2,3)9-7-12/h4-5,10,12H,6-9H2,1-3H3,(H,17,18). The van der Waals surface area contributed by atoms with Crippen molar-refractivity contribution in [2.75, 3.05) is 5.32 Å². The summed E-state index contributed by atoms with van der Waals surface area (Å²) < 4.78 is 1.29. The Bertz CT molecular complexity index is 575. The number of hydrogen-bond acceptors (Lipinski definition) is 3. The molecule has 1 aromatic carbocycles. The Morgan fingerprint density at radius 2 is 2.00 bits per heavy atom. The van der Waals surface area contributed by atoms with Gasteiger partial charge in [-0.25, -0.2) is 4.98 Å². The summed E-state index contributed by atoms with van der Waals surface area (Å²) in [4.78, 5) is 4.69. The normalized spacial score (nSPS) is 19.7. The highest BCUT2D eigenvalue weighted by atomic mass is 32.1. The Balaban J connectivity index is 1.72. The van der Waals surface area contributed by atoms with E-state index in [9.17, 15) is 0 Å². The monoisotopic (exact) mass is 274 g/mol. The first-order valence-corrected chi connectivity index (χ1v) is 7.97. The van der Waals surface area contributed by atoms with E-state index in [-0.39, 0.29) is 0 Å². The van der Waals surface area contributed by atoms with E-state index in [0.29, 0.717) is 11.5 Å². The molecule has 0 spiro atoms. The zero-order valence-electron chi connectivity index (χ0n) is 12.0. The molecule has 1 saturated carbocycles. The second kappa shape index (κ2) is 4.78. The fourth-order valence-electron chi connectivity index (χ4n) is 2.81. The molecule has 1 aromatic heterocycles. The van der Waals surface area contributed by atoms with Crippen molar-refractivity contribution in [3.8, 4) is 0 Å². The minimum atomic E-state index is 0.531. The highest BCUT2D eigenvalue weighted by Gasteiger charge is 2.27. The third-order valence-electron chi connectivity index (χ3n) is 4.21. The molecule has 1 fully saturated rings. The van der Waals surface area contributed by atoms with E-state index in [2.05, 4.69) is 44.3 Å². The van der Waals surface area contributed by atoms with Gasteiger partial charge in [-0.2, -0.15) is 0 Å². The van der Waals surface area contributed by atoms with Crippen LogP contribution in [0.1, 0.15) is 45.1 Å². The summed E-state index contributed by atoms with van der Waals surface area (Å²) in [6.45, 7) is 6.89. The molecule has 2 nitrogen and oxygen atoms in total.